The van der Waals surface area contributed by atoms with Gasteiger partial charge in [0, 0.05) is 12.2 Å². The van der Waals surface area contributed by atoms with E-state index < -0.39 is 10.0 Å². The zero-order valence-corrected chi connectivity index (χ0v) is 16.2. The van der Waals surface area contributed by atoms with Crippen LogP contribution in [0.1, 0.15) is 17.2 Å². The Kier molecular flexibility index (Phi) is 4.40. The number of benzene rings is 3. The number of anilines is 3. The van der Waals surface area contributed by atoms with Crippen molar-refractivity contribution >= 4 is 27.1 Å². The highest BCUT2D eigenvalue weighted by Gasteiger charge is 2.37. The molecule has 0 N–H and O–H groups in total. The fourth-order valence-corrected chi connectivity index (χ4v) is 4.85. The van der Waals surface area contributed by atoms with Gasteiger partial charge in [0.15, 0.2) is 0 Å². The normalized spacial score (nSPS) is 16.9. The molecule has 0 unspecified atom stereocenters. The topological polar surface area (TPSA) is 40.6 Å². The Hall–Kier alpha value is -2.79. The van der Waals surface area contributed by atoms with Gasteiger partial charge in [0.25, 0.3) is 0 Å². The summed E-state index contributed by atoms with van der Waals surface area (Å²) in [5.41, 5.74) is 4.80. The van der Waals surface area contributed by atoms with Gasteiger partial charge >= 0.3 is 0 Å². The number of aryl methyl sites for hydroxylation is 1. The van der Waals surface area contributed by atoms with Gasteiger partial charge in [0.2, 0.25) is 10.0 Å². The van der Waals surface area contributed by atoms with Crippen molar-refractivity contribution in [2.24, 2.45) is 0 Å². The summed E-state index contributed by atoms with van der Waals surface area (Å²) in [7, 11) is -3.45. The van der Waals surface area contributed by atoms with Crippen LogP contribution in [0.5, 0.6) is 0 Å². The quantitative estimate of drug-likeness (QED) is 0.666. The largest absolute Gasteiger partial charge is 0.337 e. The van der Waals surface area contributed by atoms with E-state index in [2.05, 4.69) is 17.0 Å². The van der Waals surface area contributed by atoms with Gasteiger partial charge < -0.3 is 4.90 Å². The average Bonchev–Trinajstić information content (AvgIpc) is 2.67. The van der Waals surface area contributed by atoms with Crippen LogP contribution in [0.25, 0.3) is 0 Å². The molecule has 0 saturated heterocycles. The molecule has 0 amide bonds. The van der Waals surface area contributed by atoms with Gasteiger partial charge in [-0.2, -0.15) is 0 Å². The molecule has 0 aromatic heterocycles. The van der Waals surface area contributed by atoms with E-state index in [1.807, 2.05) is 73.7 Å². The van der Waals surface area contributed by atoms with E-state index in [1.54, 1.807) is 4.31 Å². The van der Waals surface area contributed by atoms with Crippen LogP contribution in [-0.4, -0.2) is 21.2 Å². The maximum Gasteiger partial charge on any atom is 0.232 e. The van der Waals surface area contributed by atoms with Crippen LogP contribution in [0.4, 0.5) is 17.1 Å². The maximum atomic E-state index is 12.8. The minimum Gasteiger partial charge on any atom is -0.337 e. The Balaban J connectivity index is 1.92. The van der Waals surface area contributed by atoms with E-state index in [4.69, 9.17) is 0 Å². The molecule has 0 saturated carbocycles. The monoisotopic (exact) mass is 378 g/mol. The van der Waals surface area contributed by atoms with Crippen LogP contribution in [-0.2, 0) is 10.0 Å². The van der Waals surface area contributed by atoms with Crippen LogP contribution in [0.3, 0.4) is 0 Å². The van der Waals surface area contributed by atoms with E-state index in [-0.39, 0.29) is 6.04 Å². The van der Waals surface area contributed by atoms with Gasteiger partial charge in [-0.3, -0.25) is 4.31 Å². The summed E-state index contributed by atoms with van der Waals surface area (Å²) in [4.78, 5) is 2.20. The molecule has 1 aliphatic heterocycles. The van der Waals surface area contributed by atoms with Crippen molar-refractivity contribution in [3.63, 3.8) is 0 Å². The molecule has 5 heteroatoms. The zero-order valence-electron chi connectivity index (χ0n) is 15.4. The number of sulfonamides is 1. The van der Waals surface area contributed by atoms with Crippen LogP contribution in [0, 0.1) is 6.92 Å². The van der Waals surface area contributed by atoms with Gasteiger partial charge in [-0.15, -0.1) is 0 Å². The van der Waals surface area contributed by atoms with E-state index in [1.165, 1.54) is 6.26 Å². The lowest BCUT2D eigenvalue weighted by Crippen LogP contribution is -2.44. The minimum atomic E-state index is -3.45. The van der Waals surface area contributed by atoms with E-state index >= 15 is 0 Å². The lowest BCUT2D eigenvalue weighted by Gasteiger charge is -2.43. The van der Waals surface area contributed by atoms with E-state index in [0.29, 0.717) is 12.2 Å². The fourth-order valence-electron chi connectivity index (χ4n) is 3.68. The van der Waals surface area contributed by atoms with Gasteiger partial charge in [0.1, 0.15) is 0 Å². The van der Waals surface area contributed by atoms with Gasteiger partial charge in [-0.1, -0.05) is 60.2 Å². The van der Waals surface area contributed by atoms with Crippen LogP contribution >= 0.6 is 0 Å². The molecule has 1 aliphatic rings. The Bertz CT molecular complexity index is 1050. The van der Waals surface area contributed by atoms with Crippen LogP contribution in [0.2, 0.25) is 0 Å². The Morgan fingerprint density at radius 3 is 2.04 bits per heavy atom. The molecule has 4 rings (SSSR count). The lowest BCUT2D eigenvalue weighted by molar-refractivity contribution is 0.579. The summed E-state index contributed by atoms with van der Waals surface area (Å²) in [5.74, 6) is 0. The maximum absolute atomic E-state index is 12.8. The first kappa shape index (κ1) is 17.6. The number of hydrogen-bond donors (Lipinski definition) is 0. The highest BCUT2D eigenvalue weighted by atomic mass is 32.2. The summed E-state index contributed by atoms with van der Waals surface area (Å²) in [5, 5.41) is 0. The molecular formula is C22H22N2O2S. The standard InChI is InChI=1S/C22H22N2O2S/c1-17-12-14-18(15-13-17)22-16-23(19-8-4-3-5-9-19)20-10-6-7-11-21(20)24(22)27(2,25)26/h3-15,22H,16H2,1-2H3/t22-/m0/s1. The highest BCUT2D eigenvalue weighted by molar-refractivity contribution is 7.92. The van der Waals surface area contributed by atoms with Crippen molar-refractivity contribution in [3.8, 4) is 0 Å². The minimum absolute atomic E-state index is 0.296. The first-order valence-corrected chi connectivity index (χ1v) is 10.8. The molecule has 3 aromatic carbocycles. The summed E-state index contributed by atoms with van der Waals surface area (Å²) in [6.07, 6.45) is 1.28. The second kappa shape index (κ2) is 6.74. The second-order valence-electron chi connectivity index (χ2n) is 6.92. The SMILES string of the molecule is Cc1ccc([C@@H]2CN(c3ccccc3)c3ccccc3N2S(C)(=O)=O)cc1. The molecule has 138 valence electrons. The molecule has 3 aromatic rings. The third-order valence-electron chi connectivity index (χ3n) is 4.94. The Morgan fingerprint density at radius 2 is 1.41 bits per heavy atom. The molecular weight excluding hydrogens is 356 g/mol. The van der Waals surface area contributed by atoms with Crippen molar-refractivity contribution in [2.75, 3.05) is 22.0 Å². The predicted molar refractivity (Wildman–Crippen MR) is 111 cm³/mol. The fraction of sp³-hybridized carbons (Fsp3) is 0.182. The molecule has 0 radical (unpaired) electrons. The Labute approximate surface area is 160 Å². The van der Waals surface area contributed by atoms with Crippen molar-refractivity contribution in [1.29, 1.82) is 0 Å². The number of nitrogens with zero attached hydrogens (tertiary/aromatic N) is 2. The van der Waals surface area contributed by atoms with Crippen molar-refractivity contribution < 1.29 is 8.42 Å². The summed E-state index contributed by atoms with van der Waals surface area (Å²) in [6.45, 7) is 2.59. The van der Waals surface area contributed by atoms with Crippen LogP contribution in [0.15, 0.2) is 78.9 Å². The van der Waals surface area contributed by atoms with Gasteiger partial charge in [0.05, 0.1) is 23.7 Å². The van der Waals surface area contributed by atoms with E-state index in [9.17, 15) is 8.42 Å². The molecule has 1 heterocycles. The summed E-state index contributed by atoms with van der Waals surface area (Å²) in [6, 6.07) is 25.6. The number of para-hydroxylation sites is 3. The zero-order chi connectivity index (χ0) is 19.0. The second-order valence-corrected chi connectivity index (χ2v) is 8.78. The van der Waals surface area contributed by atoms with Crippen molar-refractivity contribution in [2.45, 2.75) is 13.0 Å². The predicted octanol–water partition coefficient (Wildman–Crippen LogP) is 4.65. The first-order chi connectivity index (χ1) is 12.9. The highest BCUT2D eigenvalue weighted by Crippen LogP contribution is 2.45. The van der Waals surface area contributed by atoms with Crippen LogP contribution < -0.4 is 9.21 Å². The summed E-state index contributed by atoms with van der Waals surface area (Å²) >= 11 is 0. The smallest absolute Gasteiger partial charge is 0.232 e. The van der Waals surface area contributed by atoms with E-state index in [0.717, 1.165) is 22.5 Å². The van der Waals surface area contributed by atoms with Gasteiger partial charge in [-0.05, 0) is 36.8 Å². The molecule has 0 fully saturated rings. The average molecular weight is 378 g/mol. The Morgan fingerprint density at radius 1 is 0.815 bits per heavy atom. The molecule has 27 heavy (non-hydrogen) atoms. The molecule has 4 nitrogen and oxygen atoms in total. The first-order valence-electron chi connectivity index (χ1n) is 8.93. The number of hydrogen-bond acceptors (Lipinski definition) is 3. The lowest BCUT2D eigenvalue weighted by atomic mass is 10.0. The number of rotatable bonds is 3. The molecule has 1 atom stereocenters. The molecule has 0 aliphatic carbocycles. The third-order valence-corrected chi connectivity index (χ3v) is 6.10. The number of fused-ring (bicyclic) bond motifs is 1. The summed E-state index contributed by atoms with van der Waals surface area (Å²) < 4.78 is 27.1. The van der Waals surface area contributed by atoms with Gasteiger partial charge in [-0.25, -0.2) is 8.42 Å². The molecule has 0 spiro atoms. The third kappa shape index (κ3) is 3.30. The van der Waals surface area contributed by atoms with Crippen molar-refractivity contribution in [1.82, 2.24) is 0 Å². The molecule has 0 bridgehead atoms. The van der Waals surface area contributed by atoms with Crippen molar-refractivity contribution in [3.05, 3.63) is 90.0 Å².